The molecule has 20 heavy (non-hydrogen) atoms. The number of methoxy groups -OCH3 is 1. The van der Waals surface area contributed by atoms with Crippen molar-refractivity contribution in [3.05, 3.63) is 44.3 Å². The molecule has 0 aliphatic rings. The quantitative estimate of drug-likeness (QED) is 0.883. The number of phenols is 1. The minimum atomic E-state index is -0.485. The molecule has 2 N–H and O–H groups in total. The molecule has 102 valence electrons. The second kappa shape index (κ2) is 5.39. The first kappa shape index (κ1) is 14.2. The van der Waals surface area contributed by atoms with Crippen molar-refractivity contribution in [1.82, 2.24) is 4.98 Å². The van der Waals surface area contributed by atoms with Crippen LogP contribution in [0.4, 0.5) is 0 Å². The van der Waals surface area contributed by atoms with Crippen LogP contribution in [-0.4, -0.2) is 17.2 Å². The number of rotatable bonds is 2. The number of phenolic OH excluding ortho intramolecular Hbond substituents is 1. The van der Waals surface area contributed by atoms with Crippen molar-refractivity contribution in [2.75, 3.05) is 7.11 Å². The van der Waals surface area contributed by atoms with Gasteiger partial charge in [-0.2, -0.15) is 5.26 Å². The lowest BCUT2D eigenvalue weighted by Gasteiger charge is -2.11. The van der Waals surface area contributed by atoms with E-state index in [4.69, 9.17) is 10.00 Å². The van der Waals surface area contributed by atoms with Crippen LogP contribution in [0.2, 0.25) is 0 Å². The summed E-state index contributed by atoms with van der Waals surface area (Å²) in [5.41, 5.74) is 0.794. The molecular formula is C14H11BrN2O3. The summed E-state index contributed by atoms with van der Waals surface area (Å²) in [4.78, 5) is 14.4. The van der Waals surface area contributed by atoms with Gasteiger partial charge in [0.1, 0.15) is 11.6 Å². The highest BCUT2D eigenvalue weighted by atomic mass is 79.9. The monoisotopic (exact) mass is 334 g/mol. The van der Waals surface area contributed by atoms with E-state index in [0.717, 1.165) is 0 Å². The lowest BCUT2D eigenvalue weighted by molar-refractivity contribution is 0.374. The maximum atomic E-state index is 11.8. The summed E-state index contributed by atoms with van der Waals surface area (Å²) in [6.45, 7) is 1.71. The predicted molar refractivity (Wildman–Crippen MR) is 77.9 cm³/mol. The van der Waals surface area contributed by atoms with Crippen LogP contribution in [0.25, 0.3) is 11.1 Å². The van der Waals surface area contributed by atoms with Gasteiger partial charge in [-0.05, 0) is 25.1 Å². The number of hydrogen-bond acceptors (Lipinski definition) is 4. The Kier molecular flexibility index (Phi) is 3.81. The third-order valence-corrected chi connectivity index (χ3v) is 3.29. The van der Waals surface area contributed by atoms with Crippen LogP contribution in [0.1, 0.15) is 11.3 Å². The number of aromatic amines is 1. The number of nitrogens with one attached hydrogen (secondary N) is 1. The first-order valence-corrected chi connectivity index (χ1v) is 6.48. The second-order valence-corrected chi connectivity index (χ2v) is 5.10. The van der Waals surface area contributed by atoms with Gasteiger partial charge in [-0.15, -0.1) is 0 Å². The van der Waals surface area contributed by atoms with Gasteiger partial charge in [0, 0.05) is 21.3 Å². The zero-order chi connectivity index (χ0) is 14.9. The molecule has 0 saturated heterocycles. The van der Waals surface area contributed by atoms with Crippen molar-refractivity contribution in [3.63, 3.8) is 0 Å². The number of pyridine rings is 1. The SMILES string of the molecule is COc1cc(Br)cc(-c2cc(C)[nH]c(=O)c2C#N)c1O. The largest absolute Gasteiger partial charge is 0.504 e. The third-order valence-electron chi connectivity index (χ3n) is 2.83. The highest BCUT2D eigenvalue weighted by Crippen LogP contribution is 2.40. The number of aromatic nitrogens is 1. The number of benzene rings is 1. The highest BCUT2D eigenvalue weighted by Gasteiger charge is 2.17. The molecule has 2 rings (SSSR count). The number of ether oxygens (including phenoxy) is 1. The zero-order valence-corrected chi connectivity index (χ0v) is 12.4. The molecule has 0 aliphatic carbocycles. The number of halogens is 1. The minimum absolute atomic E-state index is 0.0500. The molecule has 0 bridgehead atoms. The summed E-state index contributed by atoms with van der Waals surface area (Å²) in [6, 6.07) is 6.74. The van der Waals surface area contributed by atoms with Crippen molar-refractivity contribution < 1.29 is 9.84 Å². The fourth-order valence-corrected chi connectivity index (χ4v) is 2.38. The van der Waals surface area contributed by atoms with E-state index in [1.165, 1.54) is 7.11 Å². The van der Waals surface area contributed by atoms with Crippen LogP contribution in [0, 0.1) is 18.3 Å². The summed E-state index contributed by atoms with van der Waals surface area (Å²) in [5, 5.41) is 19.3. The molecule has 0 aliphatic heterocycles. The molecule has 2 aromatic rings. The Hall–Kier alpha value is -2.26. The predicted octanol–water partition coefficient (Wildman–Crippen LogP) is 2.70. The van der Waals surface area contributed by atoms with Crippen LogP contribution < -0.4 is 10.3 Å². The van der Waals surface area contributed by atoms with Crippen LogP contribution in [-0.2, 0) is 0 Å². The van der Waals surface area contributed by atoms with Crippen LogP contribution in [0.5, 0.6) is 11.5 Å². The number of aryl methyl sites for hydroxylation is 1. The van der Waals surface area contributed by atoms with Gasteiger partial charge in [-0.3, -0.25) is 4.79 Å². The van der Waals surface area contributed by atoms with Crippen molar-refractivity contribution in [3.8, 4) is 28.7 Å². The van der Waals surface area contributed by atoms with Gasteiger partial charge in [0.15, 0.2) is 11.5 Å². The summed E-state index contributed by atoms with van der Waals surface area (Å²) in [6.07, 6.45) is 0. The summed E-state index contributed by atoms with van der Waals surface area (Å²) >= 11 is 3.31. The molecule has 0 radical (unpaired) electrons. The van der Waals surface area contributed by atoms with E-state index in [1.54, 1.807) is 25.1 Å². The molecule has 0 spiro atoms. The number of nitriles is 1. The van der Waals surface area contributed by atoms with Gasteiger partial charge in [0.05, 0.1) is 7.11 Å². The van der Waals surface area contributed by atoms with Gasteiger partial charge < -0.3 is 14.8 Å². The number of nitrogens with zero attached hydrogens (tertiary/aromatic N) is 1. The van der Waals surface area contributed by atoms with Crippen molar-refractivity contribution in [2.24, 2.45) is 0 Å². The Labute approximate surface area is 123 Å². The average molecular weight is 335 g/mol. The normalized spacial score (nSPS) is 10.1. The third kappa shape index (κ3) is 2.40. The van der Waals surface area contributed by atoms with Gasteiger partial charge >= 0.3 is 0 Å². The number of H-pyrrole nitrogens is 1. The standard InChI is InChI=1S/C14H11BrN2O3/c1-7-3-9(11(6-16)14(19)17-7)10-4-8(15)5-12(20-2)13(10)18/h3-5,18H,1-2H3,(H,17,19). The van der Waals surface area contributed by atoms with Crippen molar-refractivity contribution >= 4 is 15.9 Å². The Balaban J connectivity index is 2.85. The minimum Gasteiger partial charge on any atom is -0.504 e. The van der Waals surface area contributed by atoms with E-state index in [0.29, 0.717) is 21.3 Å². The Bertz CT molecular complexity index is 775. The molecule has 5 nitrogen and oxygen atoms in total. The maximum absolute atomic E-state index is 11.8. The molecule has 0 atom stereocenters. The Morgan fingerprint density at radius 3 is 2.65 bits per heavy atom. The maximum Gasteiger partial charge on any atom is 0.266 e. The fourth-order valence-electron chi connectivity index (χ4n) is 1.95. The topological polar surface area (TPSA) is 86.1 Å². The fraction of sp³-hybridized carbons (Fsp3) is 0.143. The summed E-state index contributed by atoms with van der Waals surface area (Å²) in [7, 11) is 1.43. The van der Waals surface area contributed by atoms with Gasteiger partial charge in [-0.25, -0.2) is 0 Å². The number of aromatic hydroxyl groups is 1. The van der Waals surface area contributed by atoms with Gasteiger partial charge in [0.25, 0.3) is 5.56 Å². The molecule has 0 unspecified atom stereocenters. The Morgan fingerprint density at radius 1 is 1.35 bits per heavy atom. The molecule has 1 aromatic carbocycles. The molecule has 6 heteroatoms. The summed E-state index contributed by atoms with van der Waals surface area (Å²) < 4.78 is 5.74. The first-order valence-electron chi connectivity index (χ1n) is 5.68. The molecule has 1 aromatic heterocycles. The van der Waals surface area contributed by atoms with E-state index in [1.807, 2.05) is 6.07 Å². The number of hydrogen-bond donors (Lipinski definition) is 2. The molecule has 0 saturated carbocycles. The molecule has 1 heterocycles. The lowest BCUT2D eigenvalue weighted by atomic mass is 10.00. The molecule has 0 fully saturated rings. The van der Waals surface area contributed by atoms with Crippen LogP contribution in [0.3, 0.4) is 0 Å². The van der Waals surface area contributed by atoms with Crippen molar-refractivity contribution in [1.29, 1.82) is 5.26 Å². The van der Waals surface area contributed by atoms with Gasteiger partial charge in [-0.1, -0.05) is 15.9 Å². The van der Waals surface area contributed by atoms with E-state index in [9.17, 15) is 9.90 Å². The lowest BCUT2D eigenvalue weighted by Crippen LogP contribution is -2.12. The van der Waals surface area contributed by atoms with E-state index < -0.39 is 5.56 Å². The van der Waals surface area contributed by atoms with E-state index in [-0.39, 0.29) is 17.1 Å². The van der Waals surface area contributed by atoms with E-state index >= 15 is 0 Å². The van der Waals surface area contributed by atoms with Crippen LogP contribution >= 0.6 is 15.9 Å². The van der Waals surface area contributed by atoms with E-state index in [2.05, 4.69) is 20.9 Å². The first-order chi connectivity index (χ1) is 9.47. The summed E-state index contributed by atoms with van der Waals surface area (Å²) in [5.74, 6) is 0.147. The second-order valence-electron chi connectivity index (χ2n) is 4.19. The van der Waals surface area contributed by atoms with Crippen LogP contribution in [0.15, 0.2) is 27.5 Å². The average Bonchev–Trinajstić information content (AvgIpc) is 2.40. The van der Waals surface area contributed by atoms with Gasteiger partial charge in [0.2, 0.25) is 0 Å². The zero-order valence-electron chi connectivity index (χ0n) is 10.8. The smallest absolute Gasteiger partial charge is 0.266 e. The molecular weight excluding hydrogens is 324 g/mol. The Morgan fingerprint density at radius 2 is 2.05 bits per heavy atom. The highest BCUT2D eigenvalue weighted by molar-refractivity contribution is 9.10. The van der Waals surface area contributed by atoms with Crippen molar-refractivity contribution in [2.45, 2.75) is 6.92 Å². The molecule has 0 amide bonds.